The van der Waals surface area contributed by atoms with Gasteiger partial charge in [-0.3, -0.25) is 0 Å². The number of benzene rings is 1. The van der Waals surface area contributed by atoms with Crippen LogP contribution in [0.15, 0.2) is 24.3 Å². The summed E-state index contributed by atoms with van der Waals surface area (Å²) in [4.78, 5) is 0. The highest BCUT2D eigenvalue weighted by molar-refractivity contribution is 9.10. The fourth-order valence-electron chi connectivity index (χ4n) is 1.26. The summed E-state index contributed by atoms with van der Waals surface area (Å²) in [5.41, 5.74) is 2.34. The molecule has 1 N–H and O–H groups in total. The van der Waals surface area contributed by atoms with Crippen LogP contribution < -0.4 is 4.72 Å². The zero-order chi connectivity index (χ0) is 11.3. The van der Waals surface area contributed by atoms with Crippen molar-refractivity contribution in [3.05, 3.63) is 35.4 Å². The van der Waals surface area contributed by atoms with E-state index in [9.17, 15) is 8.42 Å². The molecule has 0 amide bonds. The number of alkyl halides is 1. The number of nitrogens with one attached hydrogen (secondary N) is 1. The SMILES string of the molecule is Cc1cccc(CCNS(=O)(=O)CBr)c1. The van der Waals surface area contributed by atoms with Crippen LogP contribution >= 0.6 is 15.9 Å². The largest absolute Gasteiger partial charge is 0.221 e. The molecule has 0 atom stereocenters. The highest BCUT2D eigenvalue weighted by atomic mass is 79.9. The van der Waals surface area contributed by atoms with E-state index >= 15 is 0 Å². The molecular formula is C10H14BrNO2S. The van der Waals surface area contributed by atoms with E-state index in [1.165, 1.54) is 5.56 Å². The van der Waals surface area contributed by atoms with Crippen LogP contribution in [-0.4, -0.2) is 19.6 Å². The minimum atomic E-state index is -3.13. The van der Waals surface area contributed by atoms with E-state index in [1.54, 1.807) is 0 Å². The van der Waals surface area contributed by atoms with Crippen molar-refractivity contribution in [1.29, 1.82) is 0 Å². The first-order chi connectivity index (χ1) is 7.03. The van der Waals surface area contributed by atoms with Gasteiger partial charge < -0.3 is 0 Å². The first-order valence-corrected chi connectivity index (χ1v) is 7.40. The molecule has 0 aliphatic carbocycles. The molecule has 1 rings (SSSR count). The zero-order valence-corrected chi connectivity index (χ0v) is 10.9. The van der Waals surface area contributed by atoms with Gasteiger partial charge in [-0.2, -0.15) is 0 Å². The predicted molar refractivity (Wildman–Crippen MR) is 65.6 cm³/mol. The summed E-state index contributed by atoms with van der Waals surface area (Å²) in [6, 6.07) is 8.05. The summed E-state index contributed by atoms with van der Waals surface area (Å²) >= 11 is 2.92. The second-order valence-electron chi connectivity index (χ2n) is 3.36. The average Bonchev–Trinajstić information content (AvgIpc) is 2.18. The van der Waals surface area contributed by atoms with Gasteiger partial charge in [-0.05, 0) is 18.9 Å². The minimum Gasteiger partial charge on any atom is -0.214 e. The molecule has 0 bridgehead atoms. The maximum atomic E-state index is 11.1. The van der Waals surface area contributed by atoms with Gasteiger partial charge in [0.2, 0.25) is 10.0 Å². The molecule has 0 aliphatic rings. The number of sulfonamides is 1. The lowest BCUT2D eigenvalue weighted by Gasteiger charge is -2.04. The van der Waals surface area contributed by atoms with Gasteiger partial charge in [-0.25, -0.2) is 13.1 Å². The molecule has 1 aromatic rings. The average molecular weight is 292 g/mol. The Bertz CT molecular complexity index is 417. The third kappa shape index (κ3) is 4.77. The third-order valence-electron chi connectivity index (χ3n) is 1.96. The molecule has 0 aliphatic heterocycles. The topological polar surface area (TPSA) is 46.2 Å². The van der Waals surface area contributed by atoms with Gasteiger partial charge >= 0.3 is 0 Å². The van der Waals surface area contributed by atoms with Crippen LogP contribution in [0.4, 0.5) is 0 Å². The molecule has 0 spiro atoms. The highest BCUT2D eigenvalue weighted by Gasteiger charge is 2.05. The molecule has 0 fully saturated rings. The van der Waals surface area contributed by atoms with Gasteiger partial charge in [0, 0.05) is 6.54 Å². The van der Waals surface area contributed by atoms with Crippen LogP contribution in [0.1, 0.15) is 11.1 Å². The molecule has 84 valence electrons. The highest BCUT2D eigenvalue weighted by Crippen LogP contribution is 2.04. The van der Waals surface area contributed by atoms with Crippen molar-refractivity contribution >= 4 is 26.0 Å². The van der Waals surface area contributed by atoms with Crippen molar-refractivity contribution in [3.8, 4) is 0 Å². The summed E-state index contributed by atoms with van der Waals surface area (Å²) in [5, 5.41) is 0. The predicted octanol–water partition coefficient (Wildman–Crippen LogP) is 1.81. The molecule has 0 aromatic heterocycles. The van der Waals surface area contributed by atoms with Gasteiger partial charge in [0.05, 0.1) is 0 Å². The fourth-order valence-corrected chi connectivity index (χ4v) is 2.23. The zero-order valence-electron chi connectivity index (χ0n) is 8.53. The monoisotopic (exact) mass is 291 g/mol. The summed E-state index contributed by atoms with van der Waals surface area (Å²) in [7, 11) is -3.13. The van der Waals surface area contributed by atoms with E-state index in [4.69, 9.17) is 0 Å². The van der Waals surface area contributed by atoms with Gasteiger partial charge in [0.1, 0.15) is 4.66 Å². The Morgan fingerprint density at radius 3 is 2.73 bits per heavy atom. The smallest absolute Gasteiger partial charge is 0.214 e. The molecule has 0 heterocycles. The van der Waals surface area contributed by atoms with Crippen LogP contribution in [0.3, 0.4) is 0 Å². The van der Waals surface area contributed by atoms with Crippen molar-refractivity contribution in [1.82, 2.24) is 4.72 Å². The van der Waals surface area contributed by atoms with E-state index in [0.717, 1.165) is 5.56 Å². The molecular weight excluding hydrogens is 278 g/mol. The van der Waals surface area contributed by atoms with E-state index in [-0.39, 0.29) is 4.66 Å². The number of hydrogen-bond acceptors (Lipinski definition) is 2. The molecule has 0 radical (unpaired) electrons. The Kier molecular flexibility index (Phi) is 4.76. The number of rotatable bonds is 5. The van der Waals surface area contributed by atoms with Gasteiger partial charge in [-0.1, -0.05) is 45.8 Å². The van der Waals surface area contributed by atoms with Crippen LogP contribution in [0.2, 0.25) is 0 Å². The normalized spacial score (nSPS) is 11.6. The Labute approximate surface area is 99.1 Å². The molecule has 0 unspecified atom stereocenters. The molecule has 0 saturated heterocycles. The lowest BCUT2D eigenvalue weighted by Crippen LogP contribution is -2.26. The van der Waals surface area contributed by atoms with E-state index < -0.39 is 10.0 Å². The fraction of sp³-hybridized carbons (Fsp3) is 0.400. The summed E-state index contributed by atoms with van der Waals surface area (Å²) < 4.78 is 24.7. The number of halogens is 1. The van der Waals surface area contributed by atoms with Crippen molar-refractivity contribution in [2.75, 3.05) is 11.2 Å². The Hall–Kier alpha value is -0.390. The maximum Gasteiger partial charge on any atom is 0.221 e. The lowest BCUT2D eigenvalue weighted by atomic mass is 10.1. The van der Waals surface area contributed by atoms with Gasteiger partial charge in [0.15, 0.2) is 0 Å². The second kappa shape index (κ2) is 5.63. The van der Waals surface area contributed by atoms with Crippen LogP contribution in [0.25, 0.3) is 0 Å². The van der Waals surface area contributed by atoms with Crippen LogP contribution in [-0.2, 0) is 16.4 Å². The standard InChI is InChI=1S/C10H14BrNO2S/c1-9-3-2-4-10(7-9)5-6-12-15(13,14)8-11/h2-4,7,12H,5-6,8H2,1H3. The van der Waals surface area contributed by atoms with Crippen molar-refractivity contribution in [2.24, 2.45) is 0 Å². The van der Waals surface area contributed by atoms with Crippen molar-refractivity contribution in [3.63, 3.8) is 0 Å². The quantitative estimate of drug-likeness (QED) is 0.841. The van der Waals surface area contributed by atoms with Crippen molar-refractivity contribution < 1.29 is 8.42 Å². The maximum absolute atomic E-state index is 11.1. The Morgan fingerprint density at radius 1 is 1.40 bits per heavy atom. The lowest BCUT2D eigenvalue weighted by molar-refractivity contribution is 0.587. The first kappa shape index (κ1) is 12.7. The Balaban J connectivity index is 2.45. The van der Waals surface area contributed by atoms with Gasteiger partial charge in [0.25, 0.3) is 0 Å². The van der Waals surface area contributed by atoms with Crippen LogP contribution in [0.5, 0.6) is 0 Å². The van der Waals surface area contributed by atoms with E-state index in [1.807, 2.05) is 25.1 Å². The molecule has 15 heavy (non-hydrogen) atoms. The summed E-state index contributed by atoms with van der Waals surface area (Å²) in [6.07, 6.45) is 0.716. The number of hydrogen-bond donors (Lipinski definition) is 1. The molecule has 0 saturated carbocycles. The van der Waals surface area contributed by atoms with Crippen molar-refractivity contribution in [2.45, 2.75) is 13.3 Å². The minimum absolute atomic E-state index is 0.0478. The summed E-state index contributed by atoms with van der Waals surface area (Å²) in [6.45, 7) is 2.46. The van der Waals surface area contributed by atoms with E-state index in [2.05, 4.69) is 26.7 Å². The van der Waals surface area contributed by atoms with E-state index in [0.29, 0.717) is 13.0 Å². The van der Waals surface area contributed by atoms with Gasteiger partial charge in [-0.15, -0.1) is 0 Å². The molecule has 5 heteroatoms. The summed E-state index contributed by atoms with van der Waals surface area (Å²) in [5.74, 6) is 0. The second-order valence-corrected chi connectivity index (χ2v) is 6.47. The molecule has 1 aromatic carbocycles. The molecule has 3 nitrogen and oxygen atoms in total. The number of aryl methyl sites for hydroxylation is 1. The Morgan fingerprint density at radius 2 is 2.13 bits per heavy atom. The first-order valence-electron chi connectivity index (χ1n) is 4.62. The van der Waals surface area contributed by atoms with Crippen LogP contribution in [0, 0.1) is 6.92 Å². The third-order valence-corrected chi connectivity index (χ3v) is 4.70.